The molecule has 6 rings (SSSR count). The lowest BCUT2D eigenvalue weighted by Crippen LogP contribution is -2.35. The molecule has 2 aromatic heterocycles. The molecule has 0 radical (unpaired) electrons. The van der Waals surface area contributed by atoms with Gasteiger partial charge in [0.1, 0.15) is 24.0 Å². The van der Waals surface area contributed by atoms with Gasteiger partial charge in [0.25, 0.3) is 0 Å². The predicted molar refractivity (Wildman–Crippen MR) is 133 cm³/mol. The lowest BCUT2D eigenvalue weighted by molar-refractivity contribution is 0.00794. The maximum Gasteiger partial charge on any atom is 0.407 e. The number of nitrogens with zero attached hydrogens (tertiary/aromatic N) is 1. The molecule has 5 atom stereocenters. The van der Waals surface area contributed by atoms with Gasteiger partial charge in [0.2, 0.25) is 0 Å². The van der Waals surface area contributed by atoms with E-state index in [2.05, 4.69) is 26.1 Å². The van der Waals surface area contributed by atoms with Crippen LogP contribution in [0.5, 0.6) is 5.88 Å². The minimum atomic E-state index is -0.652. The standard InChI is InChI=1S/C27H28FN3O6/c1-34-27(33)29-17-8-6-15(7-9-17)14-2-4-16(5-3-14)24-18(28)10-19-20(31-24)11-23(30-19)37-22-13-36-25-21(32)12-35-26(22)25/h2-6,10-11,17,21-22,25-26,30,32H,7-9,12-13H2,1H3,(H,29,33)/t17?,21?,22?,25-,26-/m1/s1. The van der Waals surface area contributed by atoms with Crippen molar-refractivity contribution in [3.63, 3.8) is 0 Å². The summed E-state index contributed by atoms with van der Waals surface area (Å²) in [5, 5.41) is 12.8. The Morgan fingerprint density at radius 2 is 1.95 bits per heavy atom. The highest BCUT2D eigenvalue weighted by atomic mass is 19.1. The quantitative estimate of drug-likeness (QED) is 0.482. The van der Waals surface area contributed by atoms with E-state index in [0.29, 0.717) is 29.1 Å². The average Bonchev–Trinajstić information content (AvgIpc) is 3.60. The van der Waals surface area contributed by atoms with E-state index < -0.39 is 18.0 Å². The molecule has 3 aliphatic rings. The average molecular weight is 510 g/mol. The Morgan fingerprint density at radius 3 is 2.70 bits per heavy atom. The van der Waals surface area contributed by atoms with Gasteiger partial charge in [0.05, 0.1) is 31.4 Å². The Kier molecular flexibility index (Phi) is 6.31. The number of halogens is 1. The molecule has 3 aromatic rings. The summed E-state index contributed by atoms with van der Waals surface area (Å²) in [4.78, 5) is 19.0. The predicted octanol–water partition coefficient (Wildman–Crippen LogP) is 3.57. The molecule has 37 heavy (non-hydrogen) atoms. The lowest BCUT2D eigenvalue weighted by Gasteiger charge is -2.22. The highest BCUT2D eigenvalue weighted by Gasteiger charge is 2.48. The van der Waals surface area contributed by atoms with Crippen molar-refractivity contribution >= 4 is 22.7 Å². The van der Waals surface area contributed by atoms with Crippen LogP contribution in [-0.4, -0.2) is 71.9 Å². The number of H-pyrrole nitrogens is 1. The third-order valence-corrected chi connectivity index (χ3v) is 7.24. The fraction of sp³-hybridized carbons (Fsp3) is 0.407. The van der Waals surface area contributed by atoms with Crippen molar-refractivity contribution in [2.24, 2.45) is 0 Å². The van der Waals surface area contributed by atoms with Crippen LogP contribution in [0.2, 0.25) is 0 Å². The van der Waals surface area contributed by atoms with E-state index in [-0.39, 0.29) is 36.7 Å². The fourth-order valence-electron chi connectivity index (χ4n) is 5.28. The number of pyridine rings is 1. The first-order valence-corrected chi connectivity index (χ1v) is 12.4. The molecule has 0 bridgehead atoms. The lowest BCUT2D eigenvalue weighted by atomic mass is 9.90. The van der Waals surface area contributed by atoms with Crippen LogP contribution >= 0.6 is 0 Å². The number of fused-ring (bicyclic) bond motifs is 2. The number of nitrogens with one attached hydrogen (secondary N) is 2. The molecule has 0 saturated carbocycles. The number of rotatable bonds is 5. The van der Waals surface area contributed by atoms with Crippen LogP contribution < -0.4 is 10.1 Å². The van der Waals surface area contributed by atoms with Crippen LogP contribution in [0.1, 0.15) is 24.8 Å². The first-order chi connectivity index (χ1) is 18.0. The Morgan fingerprint density at radius 1 is 1.16 bits per heavy atom. The van der Waals surface area contributed by atoms with Crippen LogP contribution in [0.15, 0.2) is 42.5 Å². The number of aliphatic hydroxyl groups is 1. The maximum absolute atomic E-state index is 15.0. The zero-order chi connectivity index (χ0) is 25.5. The SMILES string of the molecule is COC(=O)NC1CC=C(c2ccc(-c3nc4cc(OC5CO[C@@H]6C(O)CO[C@H]56)[nH]c4cc3F)cc2)CC1. The summed E-state index contributed by atoms with van der Waals surface area (Å²) in [6, 6.07) is 10.9. The monoisotopic (exact) mass is 509 g/mol. The number of aliphatic hydroxyl groups excluding tert-OH is 1. The highest BCUT2D eigenvalue weighted by Crippen LogP contribution is 2.33. The molecule has 1 amide bonds. The molecule has 194 valence electrons. The van der Waals surface area contributed by atoms with E-state index in [1.807, 2.05) is 24.3 Å². The largest absolute Gasteiger partial charge is 0.470 e. The Hall–Kier alpha value is -3.47. The molecular formula is C27H28FN3O6. The number of alkyl carbamates (subject to hydrolysis) is 1. The normalized spacial score (nSPS) is 27.1. The Labute approximate surface area is 212 Å². The van der Waals surface area contributed by atoms with Crippen LogP contribution in [0.3, 0.4) is 0 Å². The summed E-state index contributed by atoms with van der Waals surface area (Å²) in [6.07, 6.45) is 2.36. The Balaban J connectivity index is 1.16. The van der Waals surface area contributed by atoms with Crippen molar-refractivity contribution in [1.82, 2.24) is 15.3 Å². The third kappa shape index (κ3) is 4.68. The van der Waals surface area contributed by atoms with E-state index in [1.54, 1.807) is 6.07 Å². The summed E-state index contributed by atoms with van der Waals surface area (Å²) in [7, 11) is 1.36. The smallest absolute Gasteiger partial charge is 0.407 e. The molecule has 2 fully saturated rings. The highest BCUT2D eigenvalue weighted by molar-refractivity contribution is 5.81. The number of allylic oxidation sites excluding steroid dienone is 1. The van der Waals surface area contributed by atoms with Gasteiger partial charge in [-0.1, -0.05) is 30.3 Å². The summed E-state index contributed by atoms with van der Waals surface area (Å²) >= 11 is 0. The molecule has 0 spiro atoms. The van der Waals surface area contributed by atoms with Crippen molar-refractivity contribution in [2.45, 2.75) is 49.7 Å². The van der Waals surface area contributed by atoms with Gasteiger partial charge in [-0.15, -0.1) is 0 Å². The maximum atomic E-state index is 15.0. The summed E-state index contributed by atoms with van der Waals surface area (Å²) in [5.74, 6) is 0.00615. The number of methoxy groups -OCH3 is 1. The van der Waals surface area contributed by atoms with Gasteiger partial charge in [-0.2, -0.15) is 0 Å². The number of carbonyl (C=O) groups is 1. The van der Waals surface area contributed by atoms with Crippen LogP contribution in [0.25, 0.3) is 27.9 Å². The first-order valence-electron chi connectivity index (χ1n) is 12.4. The molecule has 9 nitrogen and oxygen atoms in total. The van der Waals surface area contributed by atoms with Gasteiger partial charge in [-0.3, -0.25) is 0 Å². The van der Waals surface area contributed by atoms with Crippen LogP contribution in [0.4, 0.5) is 9.18 Å². The number of carbonyl (C=O) groups excluding carboxylic acids is 1. The number of benzene rings is 1. The molecule has 1 aromatic carbocycles. The molecule has 1 aliphatic carbocycles. The van der Waals surface area contributed by atoms with Gasteiger partial charge >= 0.3 is 6.09 Å². The number of ether oxygens (including phenoxy) is 4. The van der Waals surface area contributed by atoms with Crippen molar-refractivity contribution in [3.05, 3.63) is 53.9 Å². The third-order valence-electron chi connectivity index (χ3n) is 7.24. The second-order valence-electron chi connectivity index (χ2n) is 9.62. The molecular weight excluding hydrogens is 481 g/mol. The van der Waals surface area contributed by atoms with E-state index in [9.17, 15) is 9.90 Å². The number of aromatic nitrogens is 2. The van der Waals surface area contributed by atoms with Crippen molar-refractivity contribution in [2.75, 3.05) is 20.3 Å². The molecule has 3 unspecified atom stereocenters. The minimum absolute atomic E-state index is 0.0654. The fourth-order valence-corrected chi connectivity index (χ4v) is 5.28. The molecule has 2 saturated heterocycles. The Bertz CT molecular complexity index is 1340. The van der Waals surface area contributed by atoms with Crippen LogP contribution in [0, 0.1) is 5.82 Å². The van der Waals surface area contributed by atoms with Gasteiger partial charge in [-0.05, 0) is 30.4 Å². The van der Waals surface area contributed by atoms with Gasteiger partial charge in [0, 0.05) is 23.7 Å². The topological polar surface area (TPSA) is 115 Å². The van der Waals surface area contributed by atoms with E-state index in [0.717, 1.165) is 24.8 Å². The first kappa shape index (κ1) is 23.9. The van der Waals surface area contributed by atoms with Gasteiger partial charge in [-0.25, -0.2) is 14.2 Å². The van der Waals surface area contributed by atoms with E-state index in [1.165, 1.54) is 18.7 Å². The second-order valence-corrected chi connectivity index (χ2v) is 9.62. The number of hydrogen-bond donors (Lipinski definition) is 3. The second kappa shape index (κ2) is 9.77. The van der Waals surface area contributed by atoms with Gasteiger partial charge < -0.3 is 34.4 Å². The molecule has 2 aliphatic heterocycles. The number of aromatic amines is 1. The number of hydrogen-bond acceptors (Lipinski definition) is 7. The number of amides is 1. The van der Waals surface area contributed by atoms with Crippen LogP contribution in [-0.2, 0) is 14.2 Å². The molecule has 10 heteroatoms. The van der Waals surface area contributed by atoms with Gasteiger partial charge in [0.15, 0.2) is 17.8 Å². The van der Waals surface area contributed by atoms with Crippen molar-refractivity contribution in [3.8, 4) is 17.1 Å². The zero-order valence-electron chi connectivity index (χ0n) is 20.3. The summed E-state index contributed by atoms with van der Waals surface area (Å²) in [6.45, 7) is 0.529. The molecule has 3 N–H and O–H groups in total. The molecule has 4 heterocycles. The zero-order valence-corrected chi connectivity index (χ0v) is 20.3. The van der Waals surface area contributed by atoms with E-state index in [4.69, 9.17) is 14.2 Å². The van der Waals surface area contributed by atoms with Crippen molar-refractivity contribution in [1.29, 1.82) is 0 Å². The summed E-state index contributed by atoms with van der Waals surface area (Å²) < 4.78 is 36.9. The van der Waals surface area contributed by atoms with E-state index >= 15 is 4.39 Å². The summed E-state index contributed by atoms with van der Waals surface area (Å²) in [5.41, 5.74) is 4.30. The van der Waals surface area contributed by atoms with Crippen molar-refractivity contribution < 1.29 is 33.2 Å². The minimum Gasteiger partial charge on any atom is -0.470 e.